The molecule has 1 nitrogen and oxygen atoms in total. The Morgan fingerprint density at radius 1 is 1.06 bits per heavy atom. The molecule has 0 aliphatic carbocycles. The van der Waals surface area contributed by atoms with E-state index in [-0.39, 0.29) is 4.83 Å². The van der Waals surface area contributed by atoms with Crippen LogP contribution >= 0.6 is 50.7 Å². The lowest BCUT2D eigenvalue weighted by Gasteiger charge is -2.07. The van der Waals surface area contributed by atoms with Crippen LogP contribution in [0.3, 0.4) is 0 Å². The molecule has 0 aliphatic heterocycles. The number of rotatable bonds is 3. The molecule has 0 spiro atoms. The minimum absolute atomic E-state index is 0.0623. The van der Waals surface area contributed by atoms with E-state index in [9.17, 15) is 0 Å². The van der Waals surface area contributed by atoms with Gasteiger partial charge in [-0.2, -0.15) is 0 Å². The van der Waals surface area contributed by atoms with Crippen LogP contribution in [0.5, 0.6) is 0 Å². The molecule has 5 heteroatoms. The average molecular weight is 354 g/mol. The summed E-state index contributed by atoms with van der Waals surface area (Å²) in [5, 5.41) is 1.50. The molecule has 1 aromatic heterocycles. The highest BCUT2D eigenvalue weighted by atomic mass is 79.9. The van der Waals surface area contributed by atoms with E-state index in [1.54, 1.807) is 12.1 Å². The number of alkyl halides is 1. The van der Waals surface area contributed by atoms with Crippen molar-refractivity contribution in [1.29, 1.82) is 0 Å². The Morgan fingerprint density at radius 3 is 2.41 bits per heavy atom. The Balaban J connectivity index is 2.12. The van der Waals surface area contributed by atoms with Crippen LogP contribution in [0.2, 0.25) is 15.3 Å². The summed E-state index contributed by atoms with van der Waals surface area (Å²) in [7, 11) is 0. The molecule has 1 atom stereocenters. The number of halogens is 4. The molecule has 0 saturated heterocycles. The third-order valence-corrected chi connectivity index (χ3v) is 4.02. The summed E-state index contributed by atoms with van der Waals surface area (Å²) in [6, 6.07) is 9.14. The van der Waals surface area contributed by atoms with Gasteiger partial charge in [0.1, 0.15) is 5.76 Å². The first-order valence-corrected chi connectivity index (χ1v) is 6.94. The van der Waals surface area contributed by atoms with Gasteiger partial charge in [-0.15, -0.1) is 0 Å². The Labute approximate surface area is 123 Å². The Kier molecular flexibility index (Phi) is 4.42. The van der Waals surface area contributed by atoms with E-state index in [1.807, 2.05) is 18.2 Å². The van der Waals surface area contributed by atoms with E-state index in [0.717, 1.165) is 17.7 Å². The lowest BCUT2D eigenvalue weighted by atomic mass is 10.1. The smallest absolute Gasteiger partial charge is 0.193 e. The second-order valence-electron chi connectivity index (χ2n) is 3.56. The van der Waals surface area contributed by atoms with Crippen molar-refractivity contribution in [3.05, 3.63) is 56.9 Å². The molecule has 17 heavy (non-hydrogen) atoms. The molecular weight excluding hydrogens is 346 g/mol. The Bertz CT molecular complexity index is 524. The molecule has 0 fully saturated rings. The second kappa shape index (κ2) is 5.66. The fourth-order valence-corrected chi connectivity index (χ4v) is 2.56. The van der Waals surface area contributed by atoms with Crippen LogP contribution < -0.4 is 0 Å². The van der Waals surface area contributed by atoms with Crippen LogP contribution in [-0.2, 0) is 6.42 Å². The van der Waals surface area contributed by atoms with Gasteiger partial charge < -0.3 is 4.42 Å². The van der Waals surface area contributed by atoms with E-state index in [4.69, 9.17) is 39.2 Å². The maximum atomic E-state index is 5.96. The molecule has 1 heterocycles. The van der Waals surface area contributed by atoms with Gasteiger partial charge in [0.25, 0.3) is 0 Å². The van der Waals surface area contributed by atoms with E-state index < -0.39 is 0 Å². The van der Waals surface area contributed by atoms with Crippen molar-refractivity contribution in [1.82, 2.24) is 0 Å². The lowest BCUT2D eigenvalue weighted by molar-refractivity contribution is 0.509. The summed E-state index contributed by atoms with van der Waals surface area (Å²) >= 11 is 21.1. The van der Waals surface area contributed by atoms with Gasteiger partial charge in [-0.1, -0.05) is 45.2 Å². The summed E-state index contributed by atoms with van der Waals surface area (Å²) in [5.74, 6) is 0.793. The van der Waals surface area contributed by atoms with Crippen molar-refractivity contribution in [2.24, 2.45) is 0 Å². The zero-order chi connectivity index (χ0) is 12.4. The predicted octanol–water partition coefficient (Wildman–Crippen LogP) is 5.92. The van der Waals surface area contributed by atoms with Crippen LogP contribution in [0.25, 0.3) is 0 Å². The molecule has 2 aromatic rings. The van der Waals surface area contributed by atoms with Crippen LogP contribution in [0.4, 0.5) is 0 Å². The van der Waals surface area contributed by atoms with Crippen LogP contribution in [0.15, 0.2) is 34.7 Å². The number of benzene rings is 1. The molecule has 0 radical (unpaired) electrons. The third-order valence-electron chi connectivity index (χ3n) is 2.30. The van der Waals surface area contributed by atoms with Gasteiger partial charge in [-0.25, -0.2) is 0 Å². The molecule has 0 N–H and O–H groups in total. The molecule has 0 amide bonds. The fraction of sp³-hybridized carbons (Fsp3) is 0.167. The van der Waals surface area contributed by atoms with Crippen molar-refractivity contribution in [3.8, 4) is 0 Å². The predicted molar refractivity (Wildman–Crippen MR) is 75.6 cm³/mol. The molecule has 0 bridgehead atoms. The van der Waals surface area contributed by atoms with Gasteiger partial charge in [0.15, 0.2) is 5.22 Å². The Morgan fingerprint density at radius 2 is 1.82 bits per heavy atom. The highest BCUT2D eigenvalue weighted by molar-refractivity contribution is 9.09. The van der Waals surface area contributed by atoms with Gasteiger partial charge in [-0.3, -0.25) is 0 Å². The minimum Gasteiger partial charge on any atom is -0.449 e. The minimum atomic E-state index is 0.0623. The van der Waals surface area contributed by atoms with Crippen molar-refractivity contribution in [3.63, 3.8) is 0 Å². The van der Waals surface area contributed by atoms with Crippen molar-refractivity contribution in [2.75, 3.05) is 0 Å². The SMILES string of the molecule is Clc1ccc(C(Br)Cc2ccc(Cl)c(Cl)c2)o1. The first-order valence-electron chi connectivity index (χ1n) is 4.89. The molecule has 0 saturated carbocycles. The van der Waals surface area contributed by atoms with Crippen LogP contribution in [0.1, 0.15) is 16.2 Å². The highest BCUT2D eigenvalue weighted by Gasteiger charge is 2.13. The zero-order valence-electron chi connectivity index (χ0n) is 8.59. The summed E-state index contributed by atoms with van der Waals surface area (Å²) in [6.07, 6.45) is 0.751. The fourth-order valence-electron chi connectivity index (χ4n) is 1.47. The van der Waals surface area contributed by atoms with Crippen LogP contribution in [-0.4, -0.2) is 0 Å². The normalized spacial score (nSPS) is 12.7. The standard InChI is InChI=1S/C12H8BrCl3O/c13-8(11-3-4-12(16)17-11)5-7-1-2-9(14)10(15)6-7/h1-4,6,8H,5H2. The van der Waals surface area contributed by atoms with Gasteiger partial charge in [0.2, 0.25) is 0 Å². The second-order valence-corrected chi connectivity index (χ2v) is 5.85. The monoisotopic (exact) mass is 352 g/mol. The summed E-state index contributed by atoms with van der Waals surface area (Å²) in [5.41, 5.74) is 1.08. The quantitative estimate of drug-likeness (QED) is 0.624. The number of furan rings is 1. The Hall–Kier alpha value is -0.150. The van der Waals surface area contributed by atoms with Gasteiger partial charge in [0.05, 0.1) is 14.9 Å². The lowest BCUT2D eigenvalue weighted by Crippen LogP contribution is -1.93. The molecule has 2 rings (SSSR count). The number of hydrogen-bond donors (Lipinski definition) is 0. The van der Waals surface area contributed by atoms with Crippen LogP contribution in [0, 0.1) is 0 Å². The molecule has 90 valence electrons. The van der Waals surface area contributed by atoms with Crippen molar-refractivity contribution in [2.45, 2.75) is 11.2 Å². The van der Waals surface area contributed by atoms with E-state index in [2.05, 4.69) is 15.9 Å². The van der Waals surface area contributed by atoms with Gasteiger partial charge >= 0.3 is 0 Å². The maximum Gasteiger partial charge on any atom is 0.193 e. The van der Waals surface area contributed by atoms with Crippen molar-refractivity contribution < 1.29 is 4.42 Å². The summed E-state index contributed by atoms with van der Waals surface area (Å²) in [6.45, 7) is 0. The van der Waals surface area contributed by atoms with E-state index in [1.165, 1.54) is 0 Å². The zero-order valence-corrected chi connectivity index (χ0v) is 12.4. The van der Waals surface area contributed by atoms with Crippen molar-refractivity contribution >= 4 is 50.7 Å². The van der Waals surface area contributed by atoms with Gasteiger partial charge in [-0.05, 0) is 47.9 Å². The molecule has 1 unspecified atom stereocenters. The first kappa shape index (κ1) is 13.3. The third kappa shape index (κ3) is 3.41. The average Bonchev–Trinajstić information content (AvgIpc) is 2.70. The largest absolute Gasteiger partial charge is 0.449 e. The van der Waals surface area contributed by atoms with E-state index in [0.29, 0.717) is 15.3 Å². The summed E-state index contributed by atoms with van der Waals surface area (Å²) in [4.78, 5) is 0.0623. The highest BCUT2D eigenvalue weighted by Crippen LogP contribution is 2.31. The molecular formula is C12H8BrCl3O. The topological polar surface area (TPSA) is 13.1 Å². The van der Waals surface area contributed by atoms with Gasteiger partial charge in [0, 0.05) is 0 Å². The van der Waals surface area contributed by atoms with E-state index >= 15 is 0 Å². The molecule has 1 aromatic carbocycles. The maximum absolute atomic E-state index is 5.96. The first-order chi connectivity index (χ1) is 8.06. The number of hydrogen-bond acceptors (Lipinski definition) is 1. The molecule has 0 aliphatic rings. The summed E-state index contributed by atoms with van der Waals surface area (Å²) < 4.78 is 5.33.